The minimum atomic E-state index is -0.0134. The second kappa shape index (κ2) is 5.83. The molecular formula is C16H18N6O. The lowest BCUT2D eigenvalue weighted by atomic mass is 10.0. The average Bonchev–Trinajstić information content (AvgIpc) is 3.25. The Bertz CT molecular complexity index is 809. The van der Waals surface area contributed by atoms with Gasteiger partial charge in [-0.2, -0.15) is 10.2 Å². The lowest BCUT2D eigenvalue weighted by molar-refractivity contribution is -0.136. The molecule has 0 aliphatic carbocycles. The predicted molar refractivity (Wildman–Crippen MR) is 84.4 cm³/mol. The van der Waals surface area contributed by atoms with E-state index in [1.54, 1.807) is 10.9 Å². The van der Waals surface area contributed by atoms with Gasteiger partial charge in [-0.05, 0) is 25.3 Å². The number of benzene rings is 1. The van der Waals surface area contributed by atoms with Crippen molar-refractivity contribution in [3.63, 3.8) is 0 Å². The number of hydrogen-bond acceptors (Lipinski definition) is 4. The van der Waals surface area contributed by atoms with E-state index in [4.69, 9.17) is 0 Å². The first-order chi connectivity index (χ1) is 11.3. The van der Waals surface area contributed by atoms with E-state index < -0.39 is 0 Å². The van der Waals surface area contributed by atoms with Crippen LogP contribution in [0, 0.1) is 0 Å². The van der Waals surface area contributed by atoms with Crippen LogP contribution >= 0.6 is 0 Å². The number of piperidine rings is 1. The molecule has 1 saturated heterocycles. The Morgan fingerprint density at radius 3 is 3.09 bits per heavy atom. The van der Waals surface area contributed by atoms with E-state index in [9.17, 15) is 4.79 Å². The van der Waals surface area contributed by atoms with E-state index >= 15 is 0 Å². The van der Waals surface area contributed by atoms with E-state index in [2.05, 4.69) is 20.3 Å². The number of para-hydroxylation sites is 1. The van der Waals surface area contributed by atoms with Crippen molar-refractivity contribution < 1.29 is 4.79 Å². The summed E-state index contributed by atoms with van der Waals surface area (Å²) in [4.78, 5) is 19.0. The van der Waals surface area contributed by atoms with Gasteiger partial charge in [0.15, 0.2) is 0 Å². The first-order valence-corrected chi connectivity index (χ1v) is 7.88. The van der Waals surface area contributed by atoms with Gasteiger partial charge in [-0.1, -0.05) is 18.2 Å². The van der Waals surface area contributed by atoms with Crippen molar-refractivity contribution in [3.05, 3.63) is 42.6 Å². The van der Waals surface area contributed by atoms with Crippen molar-refractivity contribution in [3.8, 4) is 0 Å². The van der Waals surface area contributed by atoms with Crippen LogP contribution in [0.5, 0.6) is 0 Å². The van der Waals surface area contributed by atoms with Crippen molar-refractivity contribution in [2.45, 2.75) is 31.8 Å². The summed E-state index contributed by atoms with van der Waals surface area (Å²) in [6.45, 7) is 1.00. The highest BCUT2D eigenvalue weighted by Gasteiger charge is 2.30. The zero-order valence-corrected chi connectivity index (χ0v) is 12.7. The van der Waals surface area contributed by atoms with Gasteiger partial charge in [-0.25, -0.2) is 4.98 Å². The van der Waals surface area contributed by atoms with Gasteiger partial charge in [0.05, 0.1) is 17.8 Å². The predicted octanol–water partition coefficient (Wildman–Crippen LogP) is 1.91. The number of hydrogen-bond donors (Lipinski definition) is 1. The number of aromatic amines is 1. The van der Waals surface area contributed by atoms with Crippen LogP contribution in [0.15, 0.2) is 36.8 Å². The number of amides is 1. The quantitative estimate of drug-likeness (QED) is 0.801. The monoisotopic (exact) mass is 310 g/mol. The molecule has 0 spiro atoms. The minimum Gasteiger partial charge on any atom is -0.331 e. The molecule has 1 atom stereocenters. The Labute approximate surface area is 133 Å². The molecule has 1 amide bonds. The van der Waals surface area contributed by atoms with E-state index in [0.717, 1.165) is 42.5 Å². The highest BCUT2D eigenvalue weighted by atomic mass is 16.2. The molecule has 1 aliphatic rings. The fourth-order valence-electron chi connectivity index (χ4n) is 3.26. The van der Waals surface area contributed by atoms with Gasteiger partial charge in [-0.3, -0.25) is 14.6 Å². The number of carbonyl (C=O) groups is 1. The number of fused-ring (bicyclic) bond motifs is 1. The molecule has 3 heterocycles. The van der Waals surface area contributed by atoms with Gasteiger partial charge in [-0.15, -0.1) is 0 Å². The molecular weight excluding hydrogens is 292 g/mol. The van der Waals surface area contributed by atoms with Crippen LogP contribution < -0.4 is 0 Å². The summed E-state index contributed by atoms with van der Waals surface area (Å²) in [6.07, 6.45) is 6.33. The second-order valence-electron chi connectivity index (χ2n) is 5.83. The number of nitrogens with zero attached hydrogens (tertiary/aromatic N) is 5. The Balaban J connectivity index is 1.57. The number of aromatic nitrogens is 5. The summed E-state index contributed by atoms with van der Waals surface area (Å²) in [5.74, 6) is 0.836. The maximum Gasteiger partial charge on any atom is 0.244 e. The Kier molecular flexibility index (Phi) is 3.53. The number of rotatable bonds is 3. The maximum absolute atomic E-state index is 12.8. The molecule has 1 N–H and O–H groups in total. The van der Waals surface area contributed by atoms with Crippen LogP contribution in [0.1, 0.15) is 31.1 Å². The van der Waals surface area contributed by atoms with Crippen LogP contribution in [-0.2, 0) is 11.3 Å². The molecule has 7 heteroatoms. The number of likely N-dealkylation sites (tertiary alicyclic amines) is 1. The fourth-order valence-corrected chi connectivity index (χ4v) is 3.26. The molecule has 0 saturated carbocycles. The molecule has 1 aliphatic heterocycles. The Morgan fingerprint density at radius 2 is 2.22 bits per heavy atom. The average molecular weight is 310 g/mol. The van der Waals surface area contributed by atoms with E-state index in [-0.39, 0.29) is 18.5 Å². The van der Waals surface area contributed by atoms with Crippen molar-refractivity contribution in [1.82, 2.24) is 29.9 Å². The van der Waals surface area contributed by atoms with E-state index in [1.165, 1.54) is 6.33 Å². The summed E-state index contributed by atoms with van der Waals surface area (Å²) in [6, 6.07) is 7.91. The Hall–Kier alpha value is -2.70. The standard InChI is InChI=1S/C16H18N6O/c23-15(10-22-13-6-2-1-5-12(13)9-19-22)21-8-4-3-7-14(21)16-17-11-18-20-16/h1-2,5-6,9,11,14H,3-4,7-8,10H2,(H,17,18,20). The van der Waals surface area contributed by atoms with E-state index in [0.29, 0.717) is 0 Å². The molecule has 0 bridgehead atoms. The van der Waals surface area contributed by atoms with Crippen molar-refractivity contribution >= 4 is 16.8 Å². The molecule has 4 rings (SSSR count). The molecule has 118 valence electrons. The zero-order valence-electron chi connectivity index (χ0n) is 12.7. The minimum absolute atomic E-state index is 0.0134. The van der Waals surface area contributed by atoms with Crippen LogP contribution in [0.2, 0.25) is 0 Å². The molecule has 1 fully saturated rings. The summed E-state index contributed by atoms with van der Waals surface area (Å²) in [7, 11) is 0. The first kappa shape index (κ1) is 13.9. The van der Waals surface area contributed by atoms with Crippen LogP contribution in [0.4, 0.5) is 0 Å². The normalized spacial score (nSPS) is 18.4. The van der Waals surface area contributed by atoms with Crippen molar-refractivity contribution in [2.75, 3.05) is 6.54 Å². The topological polar surface area (TPSA) is 79.7 Å². The van der Waals surface area contributed by atoms with Gasteiger partial charge >= 0.3 is 0 Å². The van der Waals surface area contributed by atoms with Crippen molar-refractivity contribution in [1.29, 1.82) is 0 Å². The third-order valence-corrected chi connectivity index (χ3v) is 4.41. The second-order valence-corrected chi connectivity index (χ2v) is 5.83. The lowest BCUT2D eigenvalue weighted by Crippen LogP contribution is -2.40. The molecule has 1 unspecified atom stereocenters. The number of nitrogens with one attached hydrogen (secondary N) is 1. The molecule has 0 radical (unpaired) electrons. The summed E-state index contributed by atoms with van der Waals surface area (Å²) in [5.41, 5.74) is 0.981. The fraction of sp³-hybridized carbons (Fsp3) is 0.375. The van der Waals surface area contributed by atoms with Gasteiger partial charge in [0.1, 0.15) is 18.7 Å². The number of carbonyl (C=O) groups excluding carboxylic acids is 1. The zero-order chi connectivity index (χ0) is 15.6. The molecule has 2 aromatic heterocycles. The van der Waals surface area contributed by atoms with Crippen LogP contribution in [0.25, 0.3) is 10.9 Å². The van der Waals surface area contributed by atoms with E-state index in [1.807, 2.05) is 29.2 Å². The van der Waals surface area contributed by atoms with Gasteiger partial charge < -0.3 is 4.90 Å². The SMILES string of the molecule is O=C(Cn1ncc2ccccc21)N1CCCCC1c1ncn[nH]1. The number of H-pyrrole nitrogens is 1. The Morgan fingerprint density at radius 1 is 1.30 bits per heavy atom. The third-order valence-electron chi connectivity index (χ3n) is 4.41. The van der Waals surface area contributed by atoms with Crippen LogP contribution in [0.3, 0.4) is 0 Å². The molecule has 7 nitrogen and oxygen atoms in total. The smallest absolute Gasteiger partial charge is 0.244 e. The largest absolute Gasteiger partial charge is 0.331 e. The maximum atomic E-state index is 12.8. The third kappa shape index (κ3) is 2.58. The lowest BCUT2D eigenvalue weighted by Gasteiger charge is -2.34. The summed E-state index contributed by atoms with van der Waals surface area (Å²) >= 11 is 0. The highest BCUT2D eigenvalue weighted by molar-refractivity contribution is 5.82. The van der Waals surface area contributed by atoms with Gasteiger partial charge in [0.25, 0.3) is 0 Å². The molecule has 23 heavy (non-hydrogen) atoms. The van der Waals surface area contributed by atoms with Crippen molar-refractivity contribution in [2.24, 2.45) is 0 Å². The van der Waals surface area contributed by atoms with Gasteiger partial charge in [0.2, 0.25) is 5.91 Å². The summed E-state index contributed by atoms with van der Waals surface area (Å²) in [5, 5.41) is 12.2. The van der Waals surface area contributed by atoms with Crippen LogP contribution in [-0.4, -0.2) is 42.3 Å². The van der Waals surface area contributed by atoms with Gasteiger partial charge in [0, 0.05) is 11.9 Å². The summed E-state index contributed by atoms with van der Waals surface area (Å²) < 4.78 is 1.77. The highest BCUT2D eigenvalue weighted by Crippen LogP contribution is 2.28. The molecule has 3 aromatic rings. The molecule has 1 aromatic carbocycles. The first-order valence-electron chi connectivity index (χ1n) is 7.88.